The number of carboxylic acids is 1. The van der Waals surface area contributed by atoms with Gasteiger partial charge in [-0.15, -0.1) is 0 Å². The van der Waals surface area contributed by atoms with Gasteiger partial charge in [-0.2, -0.15) is 13.2 Å². The normalized spacial score (nSPS) is 24.5. The third kappa shape index (κ3) is 3.54. The van der Waals surface area contributed by atoms with Crippen LogP contribution in [-0.2, 0) is 19.9 Å². The average Bonchev–Trinajstić information content (AvgIpc) is 2.48. The molecule has 5 nitrogen and oxygen atoms in total. The van der Waals surface area contributed by atoms with E-state index in [1.807, 2.05) is 0 Å². The molecule has 1 aromatic rings. The first-order valence-electron chi connectivity index (χ1n) is 6.73. The molecule has 2 N–H and O–H groups in total. The summed E-state index contributed by atoms with van der Waals surface area (Å²) in [6.07, 6.45) is -5.44. The van der Waals surface area contributed by atoms with Crippen molar-refractivity contribution < 1.29 is 37.0 Å². The molecule has 132 valence electrons. The van der Waals surface area contributed by atoms with E-state index in [9.17, 15) is 32.3 Å². The van der Waals surface area contributed by atoms with Crippen molar-refractivity contribution in [3.8, 4) is 0 Å². The predicted molar refractivity (Wildman–Crippen MR) is 76.5 cm³/mol. The number of carbonyl (C=O) groups is 2. The first-order valence-corrected chi connectivity index (χ1v) is 7.52. The maximum absolute atomic E-state index is 14.3. The smallest absolute Gasteiger partial charge is 0.471 e. The van der Waals surface area contributed by atoms with Crippen molar-refractivity contribution in [2.75, 3.05) is 13.2 Å². The Morgan fingerprint density at radius 2 is 2.04 bits per heavy atom. The van der Waals surface area contributed by atoms with Crippen molar-refractivity contribution >= 4 is 27.8 Å². The number of alkyl halides is 3. The van der Waals surface area contributed by atoms with Crippen LogP contribution in [0.3, 0.4) is 0 Å². The molecule has 0 aromatic heterocycles. The summed E-state index contributed by atoms with van der Waals surface area (Å²) in [4.78, 5) is 23.0. The van der Waals surface area contributed by atoms with Gasteiger partial charge in [0.15, 0.2) is 0 Å². The number of aliphatic carboxylic acids is 1. The summed E-state index contributed by atoms with van der Waals surface area (Å²) in [6.45, 7) is -0.630. The molecule has 0 bridgehead atoms. The molecule has 0 radical (unpaired) electrons. The molecule has 1 fully saturated rings. The van der Waals surface area contributed by atoms with Crippen LogP contribution in [0.2, 0.25) is 0 Å². The molecule has 1 aromatic carbocycles. The number of hydrogen-bond acceptors (Lipinski definition) is 3. The van der Waals surface area contributed by atoms with E-state index in [0.29, 0.717) is 4.47 Å². The third-order valence-corrected chi connectivity index (χ3v) is 4.27. The first kappa shape index (κ1) is 18.7. The SMILES string of the molecule is O=C(O)[C@@H]1CCOCC1(NC(=O)C(F)(F)F)c1cc(Br)ccc1F. The Kier molecular flexibility index (Phi) is 5.19. The highest BCUT2D eigenvalue weighted by Gasteiger charge is 2.53. The number of amides is 1. The summed E-state index contributed by atoms with van der Waals surface area (Å²) in [5, 5.41) is 11.0. The topological polar surface area (TPSA) is 75.6 Å². The van der Waals surface area contributed by atoms with Crippen LogP contribution in [0.4, 0.5) is 17.6 Å². The second-order valence-corrected chi connectivity index (χ2v) is 6.20. The maximum atomic E-state index is 14.3. The molecule has 0 saturated carbocycles. The van der Waals surface area contributed by atoms with Gasteiger partial charge >= 0.3 is 18.1 Å². The van der Waals surface area contributed by atoms with Crippen LogP contribution in [0.25, 0.3) is 0 Å². The van der Waals surface area contributed by atoms with E-state index in [-0.39, 0.29) is 18.6 Å². The highest BCUT2D eigenvalue weighted by Crippen LogP contribution is 2.39. The van der Waals surface area contributed by atoms with Crippen LogP contribution in [-0.4, -0.2) is 36.4 Å². The molecule has 0 spiro atoms. The van der Waals surface area contributed by atoms with Gasteiger partial charge in [0.2, 0.25) is 0 Å². The Bertz CT molecular complexity index is 667. The molecule has 2 atom stereocenters. The average molecular weight is 414 g/mol. The molecule has 1 unspecified atom stereocenters. The summed E-state index contributed by atoms with van der Waals surface area (Å²) in [7, 11) is 0. The lowest BCUT2D eigenvalue weighted by atomic mass is 9.75. The lowest BCUT2D eigenvalue weighted by Crippen LogP contribution is -2.61. The molecule has 1 saturated heterocycles. The number of ether oxygens (including phenoxy) is 1. The highest BCUT2D eigenvalue weighted by molar-refractivity contribution is 9.10. The fraction of sp³-hybridized carbons (Fsp3) is 0.429. The number of rotatable bonds is 3. The fourth-order valence-electron chi connectivity index (χ4n) is 2.68. The second-order valence-electron chi connectivity index (χ2n) is 5.28. The summed E-state index contributed by atoms with van der Waals surface area (Å²) < 4.78 is 57.8. The number of carboxylic acid groups (broad SMARTS) is 1. The molecular weight excluding hydrogens is 402 g/mol. The quantitative estimate of drug-likeness (QED) is 0.746. The Balaban J connectivity index is 2.62. The van der Waals surface area contributed by atoms with E-state index < -0.39 is 41.9 Å². The third-order valence-electron chi connectivity index (χ3n) is 3.78. The van der Waals surface area contributed by atoms with Crippen molar-refractivity contribution in [3.63, 3.8) is 0 Å². The Hall–Kier alpha value is -1.68. The van der Waals surface area contributed by atoms with E-state index >= 15 is 0 Å². The molecule has 0 aliphatic carbocycles. The minimum atomic E-state index is -5.25. The number of nitrogens with one attached hydrogen (secondary N) is 1. The van der Waals surface area contributed by atoms with Gasteiger partial charge in [0.1, 0.15) is 11.4 Å². The van der Waals surface area contributed by atoms with E-state index in [2.05, 4.69) is 15.9 Å². The Morgan fingerprint density at radius 1 is 1.38 bits per heavy atom. The van der Waals surface area contributed by atoms with Crippen LogP contribution in [0.1, 0.15) is 12.0 Å². The highest BCUT2D eigenvalue weighted by atomic mass is 79.9. The molecule has 1 heterocycles. The van der Waals surface area contributed by atoms with E-state index in [0.717, 1.165) is 12.1 Å². The lowest BCUT2D eigenvalue weighted by Gasteiger charge is -2.43. The van der Waals surface area contributed by atoms with Gasteiger partial charge in [0.25, 0.3) is 0 Å². The summed E-state index contributed by atoms with van der Waals surface area (Å²) >= 11 is 3.06. The van der Waals surface area contributed by atoms with Crippen molar-refractivity contribution in [3.05, 3.63) is 34.1 Å². The Labute approximate surface area is 142 Å². The van der Waals surface area contributed by atoms with Gasteiger partial charge in [0.05, 0.1) is 12.5 Å². The van der Waals surface area contributed by atoms with E-state index in [1.165, 1.54) is 6.07 Å². The minimum absolute atomic E-state index is 0.0315. The Morgan fingerprint density at radius 3 is 2.62 bits per heavy atom. The number of benzene rings is 1. The van der Waals surface area contributed by atoms with Gasteiger partial charge < -0.3 is 15.2 Å². The summed E-state index contributed by atoms with van der Waals surface area (Å²) in [5.41, 5.74) is -2.56. The number of hydrogen-bond donors (Lipinski definition) is 2. The lowest BCUT2D eigenvalue weighted by molar-refractivity contribution is -0.180. The molecule has 1 amide bonds. The molecule has 24 heavy (non-hydrogen) atoms. The summed E-state index contributed by atoms with van der Waals surface area (Å²) in [6, 6.07) is 3.41. The molecular formula is C14H12BrF4NO4. The van der Waals surface area contributed by atoms with Crippen LogP contribution in [0.15, 0.2) is 22.7 Å². The largest absolute Gasteiger partial charge is 0.481 e. The predicted octanol–water partition coefficient (Wildman–Crippen LogP) is 2.58. The second kappa shape index (κ2) is 6.67. The minimum Gasteiger partial charge on any atom is -0.481 e. The summed E-state index contributed by atoms with van der Waals surface area (Å²) in [5.74, 6) is -6.25. The van der Waals surface area contributed by atoms with Crippen LogP contribution >= 0.6 is 15.9 Å². The van der Waals surface area contributed by atoms with E-state index in [4.69, 9.17) is 4.74 Å². The van der Waals surface area contributed by atoms with Gasteiger partial charge in [-0.3, -0.25) is 9.59 Å². The standard InChI is InChI=1S/C14H12BrF4NO4/c15-7-1-2-10(16)9(5-7)13(20-12(23)14(17,18)19)6-24-4-3-8(13)11(21)22/h1-2,5,8H,3-4,6H2,(H,20,23)(H,21,22)/t8-,13?/m0/s1. The van der Waals surface area contributed by atoms with Crippen LogP contribution in [0.5, 0.6) is 0 Å². The van der Waals surface area contributed by atoms with Crippen molar-refractivity contribution in [2.45, 2.75) is 18.1 Å². The molecule has 2 rings (SSSR count). The van der Waals surface area contributed by atoms with E-state index in [1.54, 1.807) is 5.32 Å². The maximum Gasteiger partial charge on any atom is 0.471 e. The van der Waals surface area contributed by atoms with Crippen molar-refractivity contribution in [1.29, 1.82) is 0 Å². The van der Waals surface area contributed by atoms with Crippen LogP contribution < -0.4 is 5.32 Å². The number of halogens is 5. The van der Waals surface area contributed by atoms with Gasteiger partial charge in [-0.05, 0) is 24.6 Å². The van der Waals surface area contributed by atoms with Crippen molar-refractivity contribution in [1.82, 2.24) is 5.32 Å². The first-order chi connectivity index (χ1) is 11.1. The van der Waals surface area contributed by atoms with Crippen molar-refractivity contribution in [2.24, 2.45) is 5.92 Å². The van der Waals surface area contributed by atoms with Gasteiger partial charge in [-0.1, -0.05) is 15.9 Å². The van der Waals surface area contributed by atoms with Gasteiger partial charge in [-0.25, -0.2) is 4.39 Å². The van der Waals surface area contributed by atoms with Gasteiger partial charge in [0, 0.05) is 16.6 Å². The number of carbonyl (C=O) groups excluding carboxylic acids is 1. The molecule has 1 aliphatic rings. The zero-order chi connectivity index (χ0) is 18.1. The zero-order valence-electron chi connectivity index (χ0n) is 12.0. The van der Waals surface area contributed by atoms with Crippen LogP contribution in [0, 0.1) is 11.7 Å². The fourth-order valence-corrected chi connectivity index (χ4v) is 3.05. The zero-order valence-corrected chi connectivity index (χ0v) is 13.6. The molecule has 10 heteroatoms. The molecule has 1 aliphatic heterocycles. The monoisotopic (exact) mass is 413 g/mol.